The Balaban J connectivity index is 2.33. The van der Waals surface area contributed by atoms with E-state index in [-0.39, 0.29) is 12.5 Å². The van der Waals surface area contributed by atoms with Crippen molar-refractivity contribution in [1.82, 2.24) is 5.32 Å². The maximum Gasteiger partial charge on any atom is 0.397 e. The van der Waals surface area contributed by atoms with Crippen LogP contribution in [0.2, 0.25) is 0 Å². The molecule has 0 spiro atoms. The van der Waals surface area contributed by atoms with Crippen molar-refractivity contribution in [3.8, 4) is 0 Å². The van der Waals surface area contributed by atoms with E-state index >= 15 is 0 Å². The zero-order valence-electron chi connectivity index (χ0n) is 44.0. The smallest absolute Gasteiger partial charge is 0.394 e. The first-order valence-electron chi connectivity index (χ1n) is 28.9. The molecular weight excluding hydrogens is 883 g/mol. The summed E-state index contributed by atoms with van der Waals surface area (Å²) in [5, 5.41) is 45.1. The molecule has 7 atom stereocenters. The molecule has 0 aliphatic carbocycles. The minimum atomic E-state index is -5.08. The zero-order valence-corrected chi connectivity index (χ0v) is 44.8. The summed E-state index contributed by atoms with van der Waals surface area (Å²) in [6.07, 6.45) is 43.9. The summed E-state index contributed by atoms with van der Waals surface area (Å²) >= 11 is 0. The van der Waals surface area contributed by atoms with Crippen LogP contribution in [0, 0.1) is 0 Å². The van der Waals surface area contributed by atoms with E-state index in [4.69, 9.17) is 9.47 Å². The van der Waals surface area contributed by atoms with Gasteiger partial charge in [0.25, 0.3) is 0 Å². The molecule has 1 aliphatic rings. The number of ether oxygens (including phenoxy) is 2. The Bertz CT molecular complexity index is 1210. The van der Waals surface area contributed by atoms with Gasteiger partial charge in [-0.15, -0.1) is 0 Å². The van der Waals surface area contributed by atoms with Gasteiger partial charge in [0, 0.05) is 6.42 Å². The number of amides is 1. The molecule has 406 valence electrons. The van der Waals surface area contributed by atoms with Crippen LogP contribution in [0.3, 0.4) is 0 Å². The second kappa shape index (κ2) is 45.9. The lowest BCUT2D eigenvalue weighted by molar-refractivity contribution is -0.298. The lowest BCUT2D eigenvalue weighted by Gasteiger charge is -2.41. The third kappa shape index (κ3) is 37.8. The lowest BCUT2D eigenvalue weighted by Crippen LogP contribution is -2.61. The van der Waals surface area contributed by atoms with E-state index in [2.05, 4.69) is 23.3 Å². The fourth-order valence-electron chi connectivity index (χ4n) is 9.70. The lowest BCUT2D eigenvalue weighted by atomic mass is 9.99. The van der Waals surface area contributed by atoms with Crippen molar-refractivity contribution in [3.05, 3.63) is 0 Å². The molecule has 0 radical (unpaired) electrons. The van der Waals surface area contributed by atoms with Crippen LogP contribution in [0.1, 0.15) is 290 Å². The number of carbonyl (C=O) groups is 1. The highest BCUT2D eigenvalue weighted by atomic mass is 32.3. The van der Waals surface area contributed by atoms with Gasteiger partial charge in [-0.25, -0.2) is 4.18 Å². The molecule has 12 nitrogen and oxygen atoms in total. The Morgan fingerprint density at radius 3 is 1.18 bits per heavy atom. The van der Waals surface area contributed by atoms with E-state index in [1.54, 1.807) is 0 Å². The minimum absolute atomic E-state index is 0.223. The summed E-state index contributed by atoms with van der Waals surface area (Å²) in [7, 11) is -5.08. The maximum atomic E-state index is 13.1. The normalized spacial score (nSPS) is 19.7. The molecule has 1 heterocycles. The fraction of sp³-hybridized carbons (Fsp3) is 0.982. The van der Waals surface area contributed by atoms with Crippen LogP contribution in [-0.2, 0) is 28.9 Å². The molecule has 13 heteroatoms. The standard InChI is InChI=1S/C55H109NO11S/c1-3-5-7-9-11-13-15-17-19-21-22-23-24-25-26-27-29-30-32-34-36-38-40-42-44-49(58)48(47-65-55-53(61)54(67-68(62,63)64)52(60)50(46-57)66-55)56-51(59)45-43-41-39-37-35-33-31-28-20-18-16-14-12-10-8-6-4-2/h48-50,52-55,57-58,60-61H,3-47H2,1-2H3,(H,56,59)(H,62,63,64). The molecule has 6 N–H and O–H groups in total. The number of carbonyl (C=O) groups excluding carboxylic acids is 1. The predicted molar refractivity (Wildman–Crippen MR) is 278 cm³/mol. The van der Waals surface area contributed by atoms with Gasteiger partial charge in [0.1, 0.15) is 24.4 Å². The summed E-state index contributed by atoms with van der Waals surface area (Å²) in [5.41, 5.74) is 0. The highest BCUT2D eigenvalue weighted by Crippen LogP contribution is 2.26. The van der Waals surface area contributed by atoms with E-state index in [9.17, 15) is 38.2 Å². The van der Waals surface area contributed by atoms with Gasteiger partial charge in [0.15, 0.2) is 6.29 Å². The molecule has 68 heavy (non-hydrogen) atoms. The van der Waals surface area contributed by atoms with Crippen LogP contribution in [0.15, 0.2) is 0 Å². The molecule has 0 aromatic heterocycles. The van der Waals surface area contributed by atoms with Crippen molar-refractivity contribution in [1.29, 1.82) is 0 Å². The SMILES string of the molecule is CCCCCCCCCCCCCCCCCCCCCCCCCCC(O)C(COC1OC(CO)C(O)C(OS(=O)(=O)O)C1O)NC(=O)CCCCCCCCCCCCCCCCCCC. The number of unbranched alkanes of at least 4 members (excludes halogenated alkanes) is 39. The van der Waals surface area contributed by atoms with Gasteiger partial charge in [-0.2, -0.15) is 8.42 Å². The van der Waals surface area contributed by atoms with Crippen LogP contribution in [0.25, 0.3) is 0 Å². The summed E-state index contributed by atoms with van der Waals surface area (Å²) in [5.74, 6) is -0.223. The Morgan fingerprint density at radius 2 is 0.853 bits per heavy atom. The highest BCUT2D eigenvalue weighted by Gasteiger charge is 2.48. The summed E-state index contributed by atoms with van der Waals surface area (Å²) in [6, 6.07) is -0.853. The quantitative estimate of drug-likeness (QED) is 0.0251. The van der Waals surface area contributed by atoms with E-state index in [0.717, 1.165) is 51.4 Å². The fourth-order valence-corrected chi connectivity index (χ4v) is 10.2. The van der Waals surface area contributed by atoms with Gasteiger partial charge in [-0.3, -0.25) is 9.35 Å². The second-order valence-corrected chi connectivity index (χ2v) is 21.6. The molecule has 0 saturated carbocycles. The van der Waals surface area contributed by atoms with Crippen molar-refractivity contribution in [2.24, 2.45) is 0 Å². The van der Waals surface area contributed by atoms with Crippen LogP contribution in [-0.4, -0.2) is 95.4 Å². The molecule has 1 aliphatic heterocycles. The van der Waals surface area contributed by atoms with Crippen LogP contribution < -0.4 is 5.32 Å². The number of aliphatic hydroxyl groups excluding tert-OH is 4. The van der Waals surface area contributed by atoms with Crippen molar-refractivity contribution in [2.75, 3.05) is 13.2 Å². The average Bonchev–Trinajstić information content (AvgIpc) is 3.31. The highest BCUT2D eigenvalue weighted by molar-refractivity contribution is 7.80. The molecule has 1 amide bonds. The molecule has 0 aromatic carbocycles. The Hall–Kier alpha value is -0.900. The van der Waals surface area contributed by atoms with Crippen LogP contribution >= 0.6 is 0 Å². The summed E-state index contributed by atoms with van der Waals surface area (Å²) in [6.45, 7) is 3.50. The van der Waals surface area contributed by atoms with Gasteiger partial charge < -0.3 is 35.2 Å². The molecule has 1 fully saturated rings. The van der Waals surface area contributed by atoms with Gasteiger partial charge in [-0.05, 0) is 12.8 Å². The monoisotopic (exact) mass is 992 g/mol. The van der Waals surface area contributed by atoms with E-state index < -0.39 is 59.9 Å². The number of nitrogens with one attached hydrogen (secondary N) is 1. The van der Waals surface area contributed by atoms with Crippen LogP contribution in [0.5, 0.6) is 0 Å². The zero-order chi connectivity index (χ0) is 49.8. The number of hydrogen-bond donors (Lipinski definition) is 6. The average molecular weight is 993 g/mol. The van der Waals surface area contributed by atoms with Gasteiger partial charge in [0.05, 0.1) is 25.4 Å². The topological polar surface area (TPSA) is 192 Å². The first kappa shape index (κ1) is 65.1. The van der Waals surface area contributed by atoms with E-state index in [1.807, 2.05) is 0 Å². The number of hydrogen-bond acceptors (Lipinski definition) is 10. The third-order valence-corrected chi connectivity index (χ3v) is 14.6. The first-order chi connectivity index (χ1) is 33.0. The van der Waals surface area contributed by atoms with E-state index in [1.165, 1.54) is 212 Å². The van der Waals surface area contributed by atoms with Crippen molar-refractivity contribution in [2.45, 2.75) is 333 Å². The number of aliphatic hydroxyl groups is 4. The van der Waals surface area contributed by atoms with Crippen molar-refractivity contribution >= 4 is 16.3 Å². The van der Waals surface area contributed by atoms with Gasteiger partial charge in [-0.1, -0.05) is 271 Å². The Morgan fingerprint density at radius 1 is 0.529 bits per heavy atom. The first-order valence-corrected chi connectivity index (χ1v) is 30.3. The third-order valence-electron chi connectivity index (χ3n) is 14.2. The van der Waals surface area contributed by atoms with Gasteiger partial charge >= 0.3 is 10.4 Å². The summed E-state index contributed by atoms with van der Waals surface area (Å²) < 4.78 is 47.9. The maximum absolute atomic E-state index is 13.1. The predicted octanol–water partition coefficient (Wildman–Crippen LogP) is 13.3. The largest absolute Gasteiger partial charge is 0.397 e. The second-order valence-electron chi connectivity index (χ2n) is 20.6. The molecule has 0 bridgehead atoms. The van der Waals surface area contributed by atoms with Gasteiger partial charge in [0.2, 0.25) is 5.91 Å². The van der Waals surface area contributed by atoms with Crippen LogP contribution in [0.4, 0.5) is 0 Å². The molecule has 1 saturated heterocycles. The minimum Gasteiger partial charge on any atom is -0.394 e. The van der Waals surface area contributed by atoms with Crippen molar-refractivity contribution in [3.63, 3.8) is 0 Å². The number of rotatable bonds is 51. The summed E-state index contributed by atoms with van der Waals surface area (Å²) in [4.78, 5) is 13.1. The molecule has 0 aromatic rings. The Kier molecular flexibility index (Phi) is 44.0. The van der Waals surface area contributed by atoms with Crippen molar-refractivity contribution < 1.29 is 51.8 Å². The molecular formula is C55H109NO11S. The van der Waals surface area contributed by atoms with E-state index in [0.29, 0.717) is 12.8 Å². The molecule has 1 rings (SSSR count). The molecule has 7 unspecified atom stereocenters. The Labute approximate surface area is 418 Å².